The van der Waals surface area contributed by atoms with Gasteiger partial charge in [0.25, 0.3) is 11.9 Å². The summed E-state index contributed by atoms with van der Waals surface area (Å²) in [6, 6.07) is 12.0. The maximum absolute atomic E-state index is 12.3. The summed E-state index contributed by atoms with van der Waals surface area (Å²) in [5, 5.41) is 12.0. The molecule has 6 heteroatoms. The minimum Gasteiger partial charge on any atom is -0.480 e. The van der Waals surface area contributed by atoms with E-state index >= 15 is 0 Å². The summed E-state index contributed by atoms with van der Waals surface area (Å²) in [6.07, 6.45) is 2.44. The molecular formula is C17H17NO5. The molecule has 2 N–H and O–H groups in total. The molecule has 1 saturated carbocycles. The Kier molecular flexibility index (Phi) is 4.06. The number of furan rings is 1. The molecule has 2 aromatic rings. The zero-order valence-electron chi connectivity index (χ0n) is 12.5. The average Bonchev–Trinajstić information content (AvgIpc) is 3.18. The highest BCUT2D eigenvalue weighted by Gasteiger charge is 2.43. The zero-order valence-corrected chi connectivity index (χ0v) is 12.5. The molecule has 0 radical (unpaired) electrons. The second-order valence-corrected chi connectivity index (χ2v) is 5.58. The van der Waals surface area contributed by atoms with Crippen molar-refractivity contribution in [1.82, 2.24) is 5.32 Å². The number of carbonyl (C=O) groups excluding carboxylic acids is 1. The number of amides is 1. The summed E-state index contributed by atoms with van der Waals surface area (Å²) in [5.41, 5.74) is -1.19. The number of carbonyl (C=O) groups is 2. The first-order valence-electron chi connectivity index (χ1n) is 7.48. The number of carboxylic acids is 1. The monoisotopic (exact) mass is 315 g/mol. The van der Waals surface area contributed by atoms with Crippen LogP contribution in [0.5, 0.6) is 11.7 Å². The molecule has 1 aliphatic carbocycles. The minimum atomic E-state index is -1.19. The molecule has 0 aliphatic heterocycles. The number of hydrogen-bond donors (Lipinski definition) is 2. The first-order valence-corrected chi connectivity index (χ1v) is 7.48. The van der Waals surface area contributed by atoms with Crippen LogP contribution in [0, 0.1) is 0 Å². The fraction of sp³-hybridized carbons (Fsp3) is 0.294. The van der Waals surface area contributed by atoms with Crippen molar-refractivity contribution in [2.24, 2.45) is 0 Å². The van der Waals surface area contributed by atoms with Crippen molar-refractivity contribution in [1.29, 1.82) is 0 Å². The minimum absolute atomic E-state index is 0.0310. The van der Waals surface area contributed by atoms with E-state index in [1.54, 1.807) is 12.1 Å². The third-order valence-corrected chi connectivity index (χ3v) is 3.99. The fourth-order valence-corrected chi connectivity index (χ4v) is 2.75. The Hall–Kier alpha value is -2.76. The van der Waals surface area contributed by atoms with E-state index in [0.717, 1.165) is 12.8 Å². The van der Waals surface area contributed by atoms with Crippen molar-refractivity contribution in [3.8, 4) is 11.7 Å². The lowest BCUT2D eigenvalue weighted by Gasteiger charge is -2.24. The number of hydrogen-bond acceptors (Lipinski definition) is 4. The Morgan fingerprint density at radius 3 is 2.43 bits per heavy atom. The molecule has 0 atom stereocenters. The third kappa shape index (κ3) is 3.21. The molecule has 23 heavy (non-hydrogen) atoms. The molecule has 0 bridgehead atoms. The molecule has 1 aromatic carbocycles. The maximum atomic E-state index is 12.3. The van der Waals surface area contributed by atoms with E-state index in [2.05, 4.69) is 5.32 Å². The van der Waals surface area contributed by atoms with Crippen molar-refractivity contribution < 1.29 is 23.8 Å². The second-order valence-electron chi connectivity index (χ2n) is 5.58. The molecule has 1 fully saturated rings. The first-order chi connectivity index (χ1) is 11.1. The van der Waals surface area contributed by atoms with E-state index in [1.165, 1.54) is 12.1 Å². The molecule has 1 aromatic heterocycles. The van der Waals surface area contributed by atoms with Crippen LogP contribution >= 0.6 is 0 Å². The number of aliphatic carboxylic acids is 1. The smallest absolute Gasteiger partial charge is 0.329 e. The normalized spacial score (nSPS) is 16.0. The molecule has 0 unspecified atom stereocenters. The van der Waals surface area contributed by atoms with Gasteiger partial charge in [-0.05, 0) is 31.0 Å². The van der Waals surface area contributed by atoms with Gasteiger partial charge in [-0.3, -0.25) is 4.79 Å². The summed E-state index contributed by atoms with van der Waals surface area (Å²) in [6.45, 7) is 0. The SMILES string of the molecule is O=C(NC1(C(=O)O)CCCC1)c1ccc(Oc2ccccc2)o1. The predicted molar refractivity (Wildman–Crippen MR) is 81.5 cm³/mol. The molecule has 3 rings (SSSR count). The quantitative estimate of drug-likeness (QED) is 0.884. The van der Waals surface area contributed by atoms with Crippen LogP contribution in [-0.2, 0) is 4.79 Å². The Labute approximate surface area is 133 Å². The van der Waals surface area contributed by atoms with Crippen molar-refractivity contribution >= 4 is 11.9 Å². The Balaban J connectivity index is 1.70. The summed E-state index contributed by atoms with van der Waals surface area (Å²) >= 11 is 0. The fourth-order valence-electron chi connectivity index (χ4n) is 2.75. The van der Waals surface area contributed by atoms with E-state index in [0.29, 0.717) is 18.6 Å². The van der Waals surface area contributed by atoms with Crippen LogP contribution in [0.2, 0.25) is 0 Å². The van der Waals surface area contributed by atoms with Gasteiger partial charge in [-0.15, -0.1) is 0 Å². The Bertz CT molecular complexity index is 701. The Morgan fingerprint density at radius 1 is 1.09 bits per heavy atom. The van der Waals surface area contributed by atoms with Gasteiger partial charge < -0.3 is 19.6 Å². The molecule has 1 amide bonds. The molecule has 1 heterocycles. The van der Waals surface area contributed by atoms with E-state index in [1.807, 2.05) is 18.2 Å². The standard InChI is InChI=1S/C17H17NO5/c19-15(18-17(16(20)21)10-4-5-11-17)13-8-9-14(23-13)22-12-6-2-1-3-7-12/h1-3,6-9H,4-5,10-11H2,(H,18,19)(H,20,21). The molecule has 6 nitrogen and oxygen atoms in total. The van der Waals surface area contributed by atoms with Crippen LogP contribution in [0.3, 0.4) is 0 Å². The van der Waals surface area contributed by atoms with Crippen LogP contribution in [0.25, 0.3) is 0 Å². The van der Waals surface area contributed by atoms with Gasteiger partial charge in [-0.2, -0.15) is 0 Å². The van der Waals surface area contributed by atoms with E-state index in [4.69, 9.17) is 9.15 Å². The van der Waals surface area contributed by atoms with Gasteiger partial charge in [0, 0.05) is 6.07 Å². The average molecular weight is 315 g/mol. The van der Waals surface area contributed by atoms with Crippen LogP contribution in [-0.4, -0.2) is 22.5 Å². The number of benzene rings is 1. The van der Waals surface area contributed by atoms with E-state index in [9.17, 15) is 14.7 Å². The van der Waals surface area contributed by atoms with Gasteiger partial charge in [-0.25, -0.2) is 4.79 Å². The lowest BCUT2D eigenvalue weighted by molar-refractivity contribution is -0.144. The molecular weight excluding hydrogens is 298 g/mol. The van der Waals surface area contributed by atoms with E-state index < -0.39 is 17.4 Å². The highest BCUT2D eigenvalue weighted by molar-refractivity contribution is 5.96. The van der Waals surface area contributed by atoms with Crippen molar-refractivity contribution in [3.63, 3.8) is 0 Å². The molecule has 120 valence electrons. The molecule has 0 saturated heterocycles. The van der Waals surface area contributed by atoms with Crippen molar-refractivity contribution in [2.45, 2.75) is 31.2 Å². The van der Waals surface area contributed by atoms with Crippen LogP contribution < -0.4 is 10.1 Å². The van der Waals surface area contributed by atoms with E-state index in [-0.39, 0.29) is 11.7 Å². The van der Waals surface area contributed by atoms with Gasteiger partial charge in [0.05, 0.1) is 0 Å². The molecule has 0 spiro atoms. The number of rotatable bonds is 5. The van der Waals surface area contributed by atoms with Gasteiger partial charge in [-0.1, -0.05) is 31.0 Å². The number of ether oxygens (including phenoxy) is 1. The molecule has 1 aliphatic rings. The van der Waals surface area contributed by atoms with Gasteiger partial charge in [0.1, 0.15) is 11.3 Å². The maximum Gasteiger partial charge on any atom is 0.329 e. The lowest BCUT2D eigenvalue weighted by atomic mass is 9.98. The zero-order chi connectivity index (χ0) is 16.3. The largest absolute Gasteiger partial charge is 0.480 e. The predicted octanol–water partition coefficient (Wildman–Crippen LogP) is 3.20. The Morgan fingerprint density at radius 2 is 1.78 bits per heavy atom. The van der Waals surface area contributed by atoms with Crippen molar-refractivity contribution in [3.05, 3.63) is 48.2 Å². The lowest BCUT2D eigenvalue weighted by Crippen LogP contribution is -2.52. The van der Waals surface area contributed by atoms with Crippen LogP contribution in [0.1, 0.15) is 36.2 Å². The summed E-state index contributed by atoms with van der Waals surface area (Å²) in [7, 11) is 0. The van der Waals surface area contributed by atoms with Gasteiger partial charge in [0.15, 0.2) is 5.76 Å². The number of carboxylic acid groups (broad SMARTS) is 1. The summed E-state index contributed by atoms with van der Waals surface area (Å²) in [5.74, 6) is -0.750. The summed E-state index contributed by atoms with van der Waals surface area (Å²) in [4.78, 5) is 23.7. The second kappa shape index (κ2) is 6.16. The van der Waals surface area contributed by atoms with Crippen molar-refractivity contribution in [2.75, 3.05) is 0 Å². The highest BCUT2D eigenvalue weighted by atomic mass is 16.6. The topological polar surface area (TPSA) is 88.8 Å². The summed E-state index contributed by atoms with van der Waals surface area (Å²) < 4.78 is 10.8. The van der Waals surface area contributed by atoms with Crippen LogP contribution in [0.4, 0.5) is 0 Å². The van der Waals surface area contributed by atoms with Gasteiger partial charge >= 0.3 is 5.97 Å². The highest BCUT2D eigenvalue weighted by Crippen LogP contribution is 2.31. The first kappa shape index (κ1) is 15.1. The number of nitrogens with one attached hydrogen (secondary N) is 1. The third-order valence-electron chi connectivity index (χ3n) is 3.99. The van der Waals surface area contributed by atoms with Crippen LogP contribution in [0.15, 0.2) is 46.9 Å². The van der Waals surface area contributed by atoms with Gasteiger partial charge in [0.2, 0.25) is 0 Å². The number of para-hydroxylation sites is 1.